The second kappa shape index (κ2) is 7.73. The Bertz CT molecular complexity index is 664. The van der Waals surface area contributed by atoms with Gasteiger partial charge in [-0.1, -0.05) is 11.8 Å². The summed E-state index contributed by atoms with van der Waals surface area (Å²) in [4.78, 5) is 11.2. The van der Waals surface area contributed by atoms with Crippen molar-refractivity contribution in [1.29, 1.82) is 0 Å². The third kappa shape index (κ3) is 3.86. The second-order valence-electron chi connectivity index (χ2n) is 4.25. The number of nitrogens with one attached hydrogen (secondary N) is 1. The average Bonchev–Trinajstić information content (AvgIpc) is 3.07. The Kier molecular flexibility index (Phi) is 5.69. The predicted octanol–water partition coefficient (Wildman–Crippen LogP) is 1.60. The molecule has 0 saturated carbocycles. The van der Waals surface area contributed by atoms with E-state index in [9.17, 15) is 4.79 Å². The molecule has 0 aliphatic heterocycles. The van der Waals surface area contributed by atoms with Crippen molar-refractivity contribution in [3.05, 3.63) is 12.1 Å². The van der Waals surface area contributed by atoms with E-state index in [4.69, 9.17) is 18.6 Å². The van der Waals surface area contributed by atoms with Gasteiger partial charge in [0.05, 0.1) is 27.1 Å². The van der Waals surface area contributed by atoms with Crippen LogP contribution in [0.4, 0.5) is 0 Å². The normalized spacial score (nSPS) is 10.3. The molecule has 1 aromatic heterocycles. The molecule has 0 bridgehead atoms. The summed E-state index contributed by atoms with van der Waals surface area (Å²) in [6.45, 7) is 0. The number of benzene rings is 1. The molecule has 0 aliphatic carbocycles. The number of nitrogens with zero attached hydrogens (tertiary/aromatic N) is 2. The van der Waals surface area contributed by atoms with Gasteiger partial charge in [-0.15, -0.1) is 10.2 Å². The van der Waals surface area contributed by atoms with E-state index in [1.54, 1.807) is 19.2 Å². The number of aromatic nitrogens is 2. The molecule has 1 amide bonds. The molecule has 124 valence electrons. The maximum absolute atomic E-state index is 11.2. The van der Waals surface area contributed by atoms with Crippen molar-refractivity contribution < 1.29 is 23.4 Å². The van der Waals surface area contributed by atoms with Gasteiger partial charge in [-0.05, 0) is 12.1 Å². The summed E-state index contributed by atoms with van der Waals surface area (Å²) in [6, 6.07) is 3.42. The fourth-order valence-corrected chi connectivity index (χ4v) is 2.42. The van der Waals surface area contributed by atoms with Crippen molar-refractivity contribution >= 4 is 17.7 Å². The highest BCUT2D eigenvalue weighted by molar-refractivity contribution is 7.99. The summed E-state index contributed by atoms with van der Waals surface area (Å²) >= 11 is 1.16. The van der Waals surface area contributed by atoms with Crippen LogP contribution in [0.25, 0.3) is 11.5 Å². The molecule has 0 aliphatic rings. The summed E-state index contributed by atoms with van der Waals surface area (Å²) in [5.74, 6) is 1.82. The largest absolute Gasteiger partial charge is 0.493 e. The number of thioether (sulfide) groups is 1. The fraction of sp³-hybridized carbons (Fsp3) is 0.357. The van der Waals surface area contributed by atoms with Gasteiger partial charge < -0.3 is 23.9 Å². The lowest BCUT2D eigenvalue weighted by molar-refractivity contribution is -0.118. The maximum Gasteiger partial charge on any atom is 0.277 e. The fourth-order valence-electron chi connectivity index (χ4n) is 1.79. The number of rotatable bonds is 7. The molecule has 0 radical (unpaired) electrons. The lowest BCUT2D eigenvalue weighted by Crippen LogP contribution is -2.19. The average molecular weight is 339 g/mol. The van der Waals surface area contributed by atoms with Gasteiger partial charge in [0, 0.05) is 12.6 Å². The Morgan fingerprint density at radius 3 is 2.35 bits per heavy atom. The first-order valence-electron chi connectivity index (χ1n) is 6.60. The number of hydrogen-bond donors (Lipinski definition) is 1. The molecule has 0 fully saturated rings. The Hall–Kier alpha value is -2.42. The van der Waals surface area contributed by atoms with Crippen molar-refractivity contribution in [2.24, 2.45) is 0 Å². The number of methoxy groups -OCH3 is 3. The zero-order valence-electron chi connectivity index (χ0n) is 13.2. The van der Waals surface area contributed by atoms with Crippen molar-refractivity contribution in [2.75, 3.05) is 34.1 Å². The zero-order chi connectivity index (χ0) is 16.8. The molecule has 0 atom stereocenters. The molecule has 8 nitrogen and oxygen atoms in total. The van der Waals surface area contributed by atoms with Crippen LogP contribution in [0.15, 0.2) is 21.8 Å². The van der Waals surface area contributed by atoms with Crippen molar-refractivity contribution in [2.45, 2.75) is 5.22 Å². The number of carbonyl (C=O) groups is 1. The molecule has 2 aromatic rings. The highest BCUT2D eigenvalue weighted by Crippen LogP contribution is 2.41. The van der Waals surface area contributed by atoms with Crippen LogP contribution < -0.4 is 19.5 Å². The molecule has 0 saturated heterocycles. The second-order valence-corrected chi connectivity index (χ2v) is 5.18. The first kappa shape index (κ1) is 16.9. The van der Waals surface area contributed by atoms with Gasteiger partial charge in [-0.3, -0.25) is 4.79 Å². The Labute approximate surface area is 137 Å². The Morgan fingerprint density at radius 2 is 1.83 bits per heavy atom. The molecule has 0 spiro atoms. The van der Waals surface area contributed by atoms with E-state index in [-0.39, 0.29) is 11.7 Å². The van der Waals surface area contributed by atoms with Crippen LogP contribution in [0.1, 0.15) is 0 Å². The standard InChI is InChI=1S/C14H17N3O5S/c1-15-11(18)7-23-14-17-16-13(22-14)8-5-9(19-2)12(21-4)10(6-8)20-3/h5-6H,7H2,1-4H3,(H,15,18). The summed E-state index contributed by atoms with van der Waals surface area (Å²) in [5.41, 5.74) is 0.624. The minimum atomic E-state index is -0.123. The summed E-state index contributed by atoms with van der Waals surface area (Å²) in [6.07, 6.45) is 0. The molecular formula is C14H17N3O5S. The third-order valence-corrected chi connectivity index (χ3v) is 3.74. The third-order valence-electron chi connectivity index (χ3n) is 2.92. The SMILES string of the molecule is CNC(=O)CSc1nnc(-c2cc(OC)c(OC)c(OC)c2)o1. The van der Waals surface area contributed by atoms with Crippen LogP contribution >= 0.6 is 11.8 Å². The van der Waals surface area contributed by atoms with E-state index < -0.39 is 0 Å². The van der Waals surface area contributed by atoms with E-state index in [0.717, 1.165) is 11.8 Å². The van der Waals surface area contributed by atoms with E-state index in [1.807, 2.05) is 0 Å². The van der Waals surface area contributed by atoms with Gasteiger partial charge in [-0.2, -0.15) is 0 Å². The highest BCUT2D eigenvalue weighted by Gasteiger charge is 2.17. The lowest BCUT2D eigenvalue weighted by atomic mass is 10.2. The van der Waals surface area contributed by atoms with Gasteiger partial charge >= 0.3 is 0 Å². The lowest BCUT2D eigenvalue weighted by Gasteiger charge is -2.12. The van der Waals surface area contributed by atoms with Crippen LogP contribution in [-0.4, -0.2) is 50.2 Å². The van der Waals surface area contributed by atoms with Gasteiger partial charge in [0.15, 0.2) is 11.5 Å². The smallest absolute Gasteiger partial charge is 0.277 e. The first-order valence-corrected chi connectivity index (χ1v) is 7.58. The molecule has 1 N–H and O–H groups in total. The van der Waals surface area contributed by atoms with E-state index in [2.05, 4.69) is 15.5 Å². The molecular weight excluding hydrogens is 322 g/mol. The molecule has 0 unspecified atom stereocenters. The molecule has 23 heavy (non-hydrogen) atoms. The summed E-state index contributed by atoms with van der Waals surface area (Å²) in [7, 11) is 6.15. The quantitative estimate of drug-likeness (QED) is 0.760. The van der Waals surface area contributed by atoms with Gasteiger partial charge in [0.25, 0.3) is 5.22 Å². The van der Waals surface area contributed by atoms with Crippen LogP contribution in [0.5, 0.6) is 17.2 Å². The number of carbonyl (C=O) groups excluding carboxylic acids is 1. The van der Waals surface area contributed by atoms with Gasteiger partial charge in [0.2, 0.25) is 17.5 Å². The topological polar surface area (TPSA) is 95.7 Å². The van der Waals surface area contributed by atoms with Gasteiger partial charge in [-0.25, -0.2) is 0 Å². The minimum Gasteiger partial charge on any atom is -0.493 e. The van der Waals surface area contributed by atoms with Crippen LogP contribution in [-0.2, 0) is 4.79 Å². The monoisotopic (exact) mass is 339 g/mol. The van der Waals surface area contributed by atoms with Crippen LogP contribution in [0.2, 0.25) is 0 Å². The Balaban J connectivity index is 2.28. The highest BCUT2D eigenvalue weighted by atomic mass is 32.2. The van der Waals surface area contributed by atoms with Crippen LogP contribution in [0, 0.1) is 0 Å². The van der Waals surface area contributed by atoms with E-state index >= 15 is 0 Å². The van der Waals surface area contributed by atoms with E-state index in [0.29, 0.717) is 33.9 Å². The van der Waals surface area contributed by atoms with Crippen molar-refractivity contribution in [3.8, 4) is 28.7 Å². The number of hydrogen-bond acceptors (Lipinski definition) is 8. The summed E-state index contributed by atoms with van der Waals surface area (Å²) in [5, 5.41) is 10.7. The van der Waals surface area contributed by atoms with E-state index in [1.165, 1.54) is 21.3 Å². The first-order chi connectivity index (χ1) is 11.1. The maximum atomic E-state index is 11.2. The van der Waals surface area contributed by atoms with Gasteiger partial charge in [0.1, 0.15) is 0 Å². The van der Waals surface area contributed by atoms with Crippen molar-refractivity contribution in [1.82, 2.24) is 15.5 Å². The van der Waals surface area contributed by atoms with Crippen molar-refractivity contribution in [3.63, 3.8) is 0 Å². The van der Waals surface area contributed by atoms with Crippen LogP contribution in [0.3, 0.4) is 0 Å². The molecule has 2 rings (SSSR count). The molecule has 9 heteroatoms. The molecule has 1 aromatic carbocycles. The number of ether oxygens (including phenoxy) is 3. The predicted molar refractivity (Wildman–Crippen MR) is 84.2 cm³/mol. The summed E-state index contributed by atoms with van der Waals surface area (Å²) < 4.78 is 21.4. The number of amides is 1. The minimum absolute atomic E-state index is 0.123. The zero-order valence-corrected chi connectivity index (χ0v) is 14.0. The Morgan fingerprint density at radius 1 is 1.17 bits per heavy atom. The molecule has 1 heterocycles.